The van der Waals surface area contributed by atoms with Gasteiger partial charge in [-0.3, -0.25) is 9.36 Å². The molecule has 0 bridgehead atoms. The molecule has 3 rings (SSSR count). The predicted octanol–water partition coefficient (Wildman–Crippen LogP) is 4.87. The van der Waals surface area contributed by atoms with Crippen LogP contribution in [-0.4, -0.2) is 13.0 Å². The molecule has 0 aliphatic rings. The standard InChI is InChI=1S/C19H19N2O3PS/c1-24-25(23)12-13-4-6-14(7-5-13)19(22)21-17-11-15(8-9-16(17)20)18-3-2-10-26-18/h2-11,25H,12,20H2,1H3,(H,21,22). The maximum absolute atomic E-state index is 12.5. The molecule has 1 unspecified atom stereocenters. The Hall–Kier alpha value is -2.40. The van der Waals surface area contributed by atoms with Gasteiger partial charge in [-0.1, -0.05) is 24.3 Å². The van der Waals surface area contributed by atoms with Gasteiger partial charge in [0.25, 0.3) is 5.91 Å². The van der Waals surface area contributed by atoms with E-state index in [0.29, 0.717) is 23.1 Å². The summed E-state index contributed by atoms with van der Waals surface area (Å²) in [7, 11) is -0.631. The minimum atomic E-state index is -2.06. The van der Waals surface area contributed by atoms with Crippen LogP contribution in [0.3, 0.4) is 0 Å². The highest BCUT2D eigenvalue weighted by atomic mass is 32.1. The molecule has 0 saturated carbocycles. The molecular formula is C19H19N2O3PS. The Balaban J connectivity index is 1.75. The summed E-state index contributed by atoms with van der Waals surface area (Å²) in [6, 6.07) is 16.6. The number of nitrogen functional groups attached to an aromatic ring is 1. The first-order valence-corrected chi connectivity index (χ1v) is 10.4. The van der Waals surface area contributed by atoms with E-state index in [4.69, 9.17) is 10.3 Å². The SMILES string of the molecule is CO[PH](=O)Cc1ccc(C(=O)Nc2cc(-c3cccs3)ccc2N)cc1. The third kappa shape index (κ3) is 4.41. The van der Waals surface area contributed by atoms with E-state index in [1.807, 2.05) is 29.6 Å². The van der Waals surface area contributed by atoms with Crippen molar-refractivity contribution in [2.75, 3.05) is 18.2 Å². The van der Waals surface area contributed by atoms with E-state index in [1.54, 1.807) is 41.7 Å². The van der Waals surface area contributed by atoms with Crippen molar-refractivity contribution < 1.29 is 13.9 Å². The third-order valence-electron chi connectivity index (χ3n) is 3.90. The first-order chi connectivity index (χ1) is 12.6. The van der Waals surface area contributed by atoms with Gasteiger partial charge in [-0.05, 0) is 46.8 Å². The average molecular weight is 386 g/mol. The zero-order valence-corrected chi connectivity index (χ0v) is 16.0. The Morgan fingerprint density at radius 2 is 1.96 bits per heavy atom. The summed E-state index contributed by atoms with van der Waals surface area (Å²) in [5.74, 6) is -0.244. The zero-order valence-electron chi connectivity index (χ0n) is 14.2. The van der Waals surface area contributed by atoms with Gasteiger partial charge >= 0.3 is 0 Å². The number of anilines is 2. The highest BCUT2D eigenvalue weighted by Gasteiger charge is 2.10. The number of benzene rings is 2. The van der Waals surface area contributed by atoms with Crippen molar-refractivity contribution in [3.8, 4) is 10.4 Å². The van der Waals surface area contributed by atoms with Gasteiger partial charge in [-0.15, -0.1) is 11.3 Å². The molecule has 0 saturated heterocycles. The molecule has 0 aliphatic carbocycles. The van der Waals surface area contributed by atoms with Crippen LogP contribution >= 0.6 is 19.4 Å². The molecule has 3 aromatic rings. The molecule has 1 aromatic heterocycles. The van der Waals surface area contributed by atoms with E-state index < -0.39 is 8.03 Å². The fraction of sp³-hybridized carbons (Fsp3) is 0.105. The van der Waals surface area contributed by atoms with Crippen LogP contribution in [0.25, 0.3) is 10.4 Å². The fourth-order valence-electron chi connectivity index (χ4n) is 2.47. The normalized spacial score (nSPS) is 11.9. The topological polar surface area (TPSA) is 81.4 Å². The Labute approximate surface area is 156 Å². The van der Waals surface area contributed by atoms with Crippen molar-refractivity contribution in [2.24, 2.45) is 0 Å². The van der Waals surface area contributed by atoms with E-state index in [9.17, 15) is 9.36 Å². The van der Waals surface area contributed by atoms with Gasteiger partial charge in [-0.25, -0.2) is 0 Å². The van der Waals surface area contributed by atoms with Crippen LogP contribution in [0.2, 0.25) is 0 Å². The van der Waals surface area contributed by atoms with E-state index in [1.165, 1.54) is 7.11 Å². The number of amides is 1. The van der Waals surface area contributed by atoms with Crippen LogP contribution in [0.15, 0.2) is 60.0 Å². The minimum absolute atomic E-state index is 0.244. The molecule has 0 aliphatic heterocycles. The summed E-state index contributed by atoms with van der Waals surface area (Å²) in [6.07, 6.45) is 0.360. The van der Waals surface area contributed by atoms with Crippen LogP contribution in [0, 0.1) is 0 Å². The smallest absolute Gasteiger partial charge is 0.255 e. The van der Waals surface area contributed by atoms with E-state index in [0.717, 1.165) is 16.0 Å². The molecule has 1 amide bonds. The Bertz CT molecular complexity index is 924. The minimum Gasteiger partial charge on any atom is -0.397 e. The number of hydrogen-bond donors (Lipinski definition) is 2. The lowest BCUT2D eigenvalue weighted by atomic mass is 10.1. The maximum atomic E-state index is 12.5. The Kier molecular flexibility index (Phi) is 5.89. The molecule has 0 spiro atoms. The molecule has 134 valence electrons. The van der Waals surface area contributed by atoms with Crippen molar-refractivity contribution in [2.45, 2.75) is 6.16 Å². The van der Waals surface area contributed by atoms with Gasteiger partial charge < -0.3 is 15.6 Å². The quantitative estimate of drug-likeness (QED) is 0.468. The summed E-state index contributed by atoms with van der Waals surface area (Å²) in [5.41, 5.74) is 9.47. The van der Waals surface area contributed by atoms with Gasteiger partial charge in [-0.2, -0.15) is 0 Å². The Morgan fingerprint density at radius 3 is 2.62 bits per heavy atom. The zero-order chi connectivity index (χ0) is 18.5. The molecule has 1 heterocycles. The molecular weight excluding hydrogens is 367 g/mol. The number of hydrogen-bond acceptors (Lipinski definition) is 5. The van der Waals surface area contributed by atoms with Crippen molar-refractivity contribution in [1.82, 2.24) is 0 Å². The fourth-order valence-corrected chi connectivity index (χ4v) is 3.91. The first-order valence-electron chi connectivity index (χ1n) is 7.97. The Morgan fingerprint density at radius 1 is 1.19 bits per heavy atom. The number of rotatable bonds is 6. The second kappa shape index (κ2) is 8.32. The number of thiophene rings is 1. The second-order valence-corrected chi connectivity index (χ2v) is 8.14. The first kappa shape index (κ1) is 18.4. The summed E-state index contributed by atoms with van der Waals surface area (Å²) in [6.45, 7) is 0. The second-order valence-electron chi connectivity index (χ2n) is 5.68. The molecule has 26 heavy (non-hydrogen) atoms. The highest BCUT2D eigenvalue weighted by molar-refractivity contribution is 7.38. The molecule has 5 nitrogen and oxygen atoms in total. The molecule has 0 radical (unpaired) electrons. The largest absolute Gasteiger partial charge is 0.397 e. The highest BCUT2D eigenvalue weighted by Crippen LogP contribution is 2.30. The monoisotopic (exact) mass is 386 g/mol. The lowest BCUT2D eigenvalue weighted by Crippen LogP contribution is -2.13. The molecule has 0 fully saturated rings. The van der Waals surface area contributed by atoms with E-state index in [-0.39, 0.29) is 5.91 Å². The maximum Gasteiger partial charge on any atom is 0.255 e. The number of nitrogens with one attached hydrogen (secondary N) is 1. The van der Waals surface area contributed by atoms with Gasteiger partial charge in [0.05, 0.1) is 11.4 Å². The van der Waals surface area contributed by atoms with E-state index >= 15 is 0 Å². The molecule has 7 heteroatoms. The van der Waals surface area contributed by atoms with Crippen molar-refractivity contribution in [1.29, 1.82) is 0 Å². The summed E-state index contributed by atoms with van der Waals surface area (Å²) < 4.78 is 16.3. The third-order valence-corrected chi connectivity index (χ3v) is 5.97. The van der Waals surface area contributed by atoms with Gasteiger partial charge in [0.1, 0.15) is 0 Å². The number of carbonyl (C=O) groups is 1. The number of nitrogens with two attached hydrogens (primary N) is 1. The van der Waals surface area contributed by atoms with Crippen LogP contribution in [0.5, 0.6) is 0 Å². The van der Waals surface area contributed by atoms with Gasteiger partial charge in [0.2, 0.25) is 0 Å². The molecule has 3 N–H and O–H groups in total. The van der Waals surface area contributed by atoms with Gasteiger partial charge in [0, 0.05) is 23.7 Å². The van der Waals surface area contributed by atoms with Crippen LogP contribution in [0.4, 0.5) is 11.4 Å². The molecule has 2 aromatic carbocycles. The van der Waals surface area contributed by atoms with E-state index in [2.05, 4.69) is 5.32 Å². The molecule has 1 atom stereocenters. The van der Waals surface area contributed by atoms with Crippen molar-refractivity contribution in [3.63, 3.8) is 0 Å². The predicted molar refractivity (Wildman–Crippen MR) is 108 cm³/mol. The van der Waals surface area contributed by atoms with Crippen LogP contribution in [0.1, 0.15) is 15.9 Å². The summed E-state index contributed by atoms with van der Waals surface area (Å²) in [4.78, 5) is 13.6. The average Bonchev–Trinajstić information content (AvgIpc) is 3.18. The summed E-state index contributed by atoms with van der Waals surface area (Å²) >= 11 is 1.63. The van der Waals surface area contributed by atoms with Crippen LogP contribution in [-0.2, 0) is 15.3 Å². The number of carbonyl (C=O) groups excluding carboxylic acids is 1. The van der Waals surface area contributed by atoms with Gasteiger partial charge in [0.15, 0.2) is 8.03 Å². The van der Waals surface area contributed by atoms with Crippen molar-refractivity contribution >= 4 is 36.6 Å². The van der Waals surface area contributed by atoms with Crippen molar-refractivity contribution in [3.05, 3.63) is 71.1 Å². The lowest BCUT2D eigenvalue weighted by Gasteiger charge is -2.10. The summed E-state index contributed by atoms with van der Waals surface area (Å²) in [5, 5.41) is 4.86. The lowest BCUT2D eigenvalue weighted by molar-refractivity contribution is 0.102. The van der Waals surface area contributed by atoms with Crippen LogP contribution < -0.4 is 11.1 Å².